The van der Waals surface area contributed by atoms with Crippen molar-refractivity contribution >= 4 is 27.5 Å². The van der Waals surface area contributed by atoms with E-state index in [1.165, 1.54) is 4.31 Å². The number of rotatable bonds is 6. The van der Waals surface area contributed by atoms with Crippen molar-refractivity contribution in [2.75, 3.05) is 4.90 Å². The van der Waals surface area contributed by atoms with Gasteiger partial charge in [0.1, 0.15) is 6.04 Å². The van der Waals surface area contributed by atoms with Crippen LogP contribution in [0.5, 0.6) is 0 Å². The van der Waals surface area contributed by atoms with Gasteiger partial charge < -0.3 is 0 Å². The molecule has 4 rings (SSSR count). The lowest BCUT2D eigenvalue weighted by molar-refractivity contribution is -0.122. The first-order chi connectivity index (χ1) is 16.1. The fourth-order valence-corrected chi connectivity index (χ4v) is 6.65. The maximum Gasteiger partial charge on any atom is 0.252 e. The second-order valence-electron chi connectivity index (χ2n) is 8.75. The maximum absolute atomic E-state index is 14.2. The van der Waals surface area contributed by atoms with E-state index in [0.717, 1.165) is 21.6 Å². The normalized spacial score (nSPS) is 16.5. The van der Waals surface area contributed by atoms with E-state index in [1.54, 1.807) is 44.2 Å². The molecule has 3 aromatic carbocycles. The van der Waals surface area contributed by atoms with Crippen molar-refractivity contribution in [1.82, 2.24) is 4.31 Å². The molecule has 3 aromatic rings. The smallest absolute Gasteiger partial charge is 0.252 e. The van der Waals surface area contributed by atoms with Gasteiger partial charge in [0, 0.05) is 6.54 Å². The number of sulfonamides is 1. The molecule has 1 heterocycles. The van der Waals surface area contributed by atoms with E-state index in [1.807, 2.05) is 50.2 Å². The summed E-state index contributed by atoms with van der Waals surface area (Å²) in [6.07, 6.45) is -0.206. The first-order valence-electron chi connectivity index (χ1n) is 11.2. The molecular weight excluding hydrogens is 448 g/mol. The van der Waals surface area contributed by atoms with Gasteiger partial charge in [-0.05, 0) is 67.6 Å². The van der Waals surface area contributed by atoms with Gasteiger partial charge >= 0.3 is 0 Å². The molecule has 6 nitrogen and oxygen atoms in total. The fourth-order valence-electron chi connectivity index (χ4n) is 4.50. The van der Waals surface area contributed by atoms with Gasteiger partial charge in [-0.2, -0.15) is 4.31 Å². The van der Waals surface area contributed by atoms with E-state index < -0.39 is 27.9 Å². The number of benzene rings is 3. The molecule has 0 bridgehead atoms. The summed E-state index contributed by atoms with van der Waals surface area (Å²) in [4.78, 5) is 27.8. The Bertz CT molecular complexity index is 1330. The third kappa shape index (κ3) is 4.17. The fraction of sp³-hybridized carbons (Fsp3) is 0.259. The van der Waals surface area contributed by atoms with Gasteiger partial charge in [0.2, 0.25) is 15.9 Å². The van der Waals surface area contributed by atoms with Gasteiger partial charge in [-0.15, -0.1) is 0 Å². The zero-order valence-corrected chi connectivity index (χ0v) is 20.6. The molecule has 1 unspecified atom stereocenters. The van der Waals surface area contributed by atoms with Gasteiger partial charge in [0.25, 0.3) is 5.91 Å². The maximum atomic E-state index is 14.2. The number of hydrogen-bond acceptors (Lipinski definition) is 4. The molecule has 1 saturated heterocycles. The minimum absolute atomic E-state index is 0.0125. The molecule has 0 radical (unpaired) electrons. The Hall–Kier alpha value is -3.29. The second kappa shape index (κ2) is 9.16. The van der Waals surface area contributed by atoms with Crippen LogP contribution in [0.4, 0.5) is 5.69 Å². The lowest BCUT2D eigenvalue weighted by Crippen LogP contribution is -2.45. The Kier molecular flexibility index (Phi) is 6.43. The highest BCUT2D eigenvalue weighted by Gasteiger charge is 2.47. The molecule has 1 aliphatic rings. The molecule has 0 aliphatic carbocycles. The molecule has 1 aliphatic heterocycles. The average Bonchev–Trinajstić information content (AvgIpc) is 3.10. The quantitative estimate of drug-likeness (QED) is 0.493. The minimum atomic E-state index is -4.12. The summed E-state index contributed by atoms with van der Waals surface area (Å²) in [5.74, 6) is -0.946. The van der Waals surface area contributed by atoms with Crippen LogP contribution in [0, 0.1) is 27.7 Å². The number of imide groups is 1. The SMILES string of the molecule is Cc1cc(C)c(C)c(S(=O)(=O)N(Cc2ccccc2)C2CC(=O)N(c3ccccc3)C2=O)c1C. The van der Waals surface area contributed by atoms with E-state index in [2.05, 4.69) is 0 Å². The largest absolute Gasteiger partial charge is 0.274 e. The molecule has 0 aromatic heterocycles. The third-order valence-electron chi connectivity index (χ3n) is 6.53. The third-order valence-corrected chi connectivity index (χ3v) is 8.66. The highest BCUT2D eigenvalue weighted by Crippen LogP contribution is 2.34. The van der Waals surface area contributed by atoms with E-state index in [4.69, 9.17) is 0 Å². The number of aryl methyl sites for hydroxylation is 2. The van der Waals surface area contributed by atoms with Crippen LogP contribution in [0.2, 0.25) is 0 Å². The Morgan fingerprint density at radius 3 is 1.94 bits per heavy atom. The molecule has 1 atom stereocenters. The standard InChI is InChI=1S/C27H28N2O4S/c1-18-15-19(2)21(4)26(20(18)3)34(32,33)28(17-22-11-7-5-8-12-22)24-16-25(30)29(27(24)31)23-13-9-6-10-14-23/h5-15,24H,16-17H2,1-4H3. The van der Waals surface area contributed by atoms with Gasteiger partial charge in [0.05, 0.1) is 17.0 Å². The lowest BCUT2D eigenvalue weighted by atomic mass is 10.0. The van der Waals surface area contributed by atoms with Crippen molar-refractivity contribution in [3.8, 4) is 0 Å². The molecule has 2 amide bonds. The predicted octanol–water partition coefficient (Wildman–Crippen LogP) is 4.44. The molecule has 7 heteroatoms. The van der Waals surface area contributed by atoms with Crippen LogP contribution in [0.25, 0.3) is 0 Å². The van der Waals surface area contributed by atoms with Crippen LogP contribution < -0.4 is 4.90 Å². The summed E-state index contributed by atoms with van der Waals surface area (Å²) in [5, 5.41) is 0. The summed E-state index contributed by atoms with van der Waals surface area (Å²) in [7, 11) is -4.12. The van der Waals surface area contributed by atoms with Crippen LogP contribution in [0.3, 0.4) is 0 Å². The van der Waals surface area contributed by atoms with Gasteiger partial charge in [0.15, 0.2) is 0 Å². The van der Waals surface area contributed by atoms with Crippen LogP contribution >= 0.6 is 0 Å². The highest BCUT2D eigenvalue weighted by molar-refractivity contribution is 7.89. The monoisotopic (exact) mass is 476 g/mol. The number of para-hydroxylation sites is 1. The Balaban J connectivity index is 1.85. The second-order valence-corrected chi connectivity index (χ2v) is 10.6. The Labute approximate surface area is 200 Å². The molecular formula is C27H28N2O4S. The topological polar surface area (TPSA) is 74.8 Å². The molecule has 176 valence electrons. The zero-order valence-electron chi connectivity index (χ0n) is 19.8. The molecule has 0 N–H and O–H groups in total. The van der Waals surface area contributed by atoms with E-state index in [0.29, 0.717) is 16.8 Å². The summed E-state index contributed by atoms with van der Waals surface area (Å²) in [6, 6.07) is 18.6. The van der Waals surface area contributed by atoms with Crippen molar-refractivity contribution in [2.24, 2.45) is 0 Å². The van der Waals surface area contributed by atoms with Crippen LogP contribution in [0.1, 0.15) is 34.2 Å². The van der Waals surface area contributed by atoms with Crippen LogP contribution in [-0.2, 0) is 26.2 Å². The van der Waals surface area contributed by atoms with Gasteiger partial charge in [-0.25, -0.2) is 13.3 Å². The highest BCUT2D eigenvalue weighted by atomic mass is 32.2. The molecule has 1 fully saturated rings. The number of hydrogen-bond donors (Lipinski definition) is 0. The van der Waals surface area contributed by atoms with Crippen molar-refractivity contribution in [3.05, 3.63) is 94.5 Å². The number of nitrogens with zero attached hydrogens (tertiary/aromatic N) is 2. The van der Waals surface area contributed by atoms with Gasteiger partial charge in [-0.3, -0.25) is 9.59 Å². The lowest BCUT2D eigenvalue weighted by Gasteiger charge is -2.29. The Morgan fingerprint density at radius 2 is 1.38 bits per heavy atom. The molecule has 34 heavy (non-hydrogen) atoms. The summed E-state index contributed by atoms with van der Waals surface area (Å²) < 4.78 is 29.6. The Morgan fingerprint density at radius 1 is 0.853 bits per heavy atom. The van der Waals surface area contributed by atoms with Gasteiger partial charge in [-0.1, -0.05) is 54.6 Å². The van der Waals surface area contributed by atoms with Crippen molar-refractivity contribution in [1.29, 1.82) is 0 Å². The number of anilines is 1. The van der Waals surface area contributed by atoms with Crippen molar-refractivity contribution in [2.45, 2.75) is 51.6 Å². The van der Waals surface area contributed by atoms with Crippen LogP contribution in [0.15, 0.2) is 71.6 Å². The van der Waals surface area contributed by atoms with E-state index in [-0.39, 0.29) is 17.9 Å². The number of carbonyl (C=O) groups excluding carboxylic acids is 2. The first kappa shape index (κ1) is 23.9. The average molecular weight is 477 g/mol. The summed E-state index contributed by atoms with van der Waals surface area (Å²) in [6.45, 7) is 7.31. The summed E-state index contributed by atoms with van der Waals surface area (Å²) in [5.41, 5.74) is 4.21. The predicted molar refractivity (Wildman–Crippen MR) is 132 cm³/mol. The van der Waals surface area contributed by atoms with Crippen molar-refractivity contribution in [3.63, 3.8) is 0 Å². The molecule has 0 saturated carbocycles. The van der Waals surface area contributed by atoms with Crippen molar-refractivity contribution < 1.29 is 18.0 Å². The van der Waals surface area contributed by atoms with E-state index in [9.17, 15) is 18.0 Å². The zero-order chi connectivity index (χ0) is 24.6. The molecule has 0 spiro atoms. The number of carbonyl (C=O) groups is 2. The van der Waals surface area contributed by atoms with Crippen LogP contribution in [-0.4, -0.2) is 30.6 Å². The minimum Gasteiger partial charge on any atom is -0.274 e. The summed E-state index contributed by atoms with van der Waals surface area (Å²) >= 11 is 0. The number of amides is 2. The van der Waals surface area contributed by atoms with E-state index >= 15 is 0 Å². The first-order valence-corrected chi connectivity index (χ1v) is 12.6.